The molecule has 1 amide bonds. The number of halogens is 1. The number of fused-ring (bicyclic) bond motifs is 1. The van der Waals surface area contributed by atoms with Gasteiger partial charge < -0.3 is 14.7 Å². The minimum atomic E-state index is -0.195. The van der Waals surface area contributed by atoms with Gasteiger partial charge in [-0.05, 0) is 42.3 Å². The monoisotopic (exact) mass is 422 g/mol. The molecule has 2 aromatic heterocycles. The summed E-state index contributed by atoms with van der Waals surface area (Å²) in [4.78, 5) is 24.8. The van der Waals surface area contributed by atoms with Crippen LogP contribution in [0.3, 0.4) is 0 Å². The summed E-state index contributed by atoms with van der Waals surface area (Å²) in [6.45, 7) is 4.12. The number of amides is 1. The Balaban J connectivity index is 1.39. The van der Waals surface area contributed by atoms with Crippen LogP contribution in [0.25, 0.3) is 22.4 Å². The quantitative estimate of drug-likeness (QED) is 0.422. The van der Waals surface area contributed by atoms with Crippen LogP contribution in [0.4, 0.5) is 0 Å². The molecule has 4 rings (SSSR count). The van der Waals surface area contributed by atoms with E-state index in [0.717, 1.165) is 22.4 Å². The summed E-state index contributed by atoms with van der Waals surface area (Å²) in [6, 6.07) is 15.0. The maximum Gasteiger partial charge on any atom is 0.221 e. The van der Waals surface area contributed by atoms with Gasteiger partial charge in [-0.3, -0.25) is 4.79 Å². The van der Waals surface area contributed by atoms with Crippen molar-refractivity contribution in [1.29, 1.82) is 0 Å². The number of imidazole rings is 1. The molecule has 0 bridgehead atoms. The third-order valence-electron chi connectivity index (χ3n) is 4.93. The smallest absolute Gasteiger partial charge is 0.221 e. The van der Waals surface area contributed by atoms with Gasteiger partial charge in [-0.2, -0.15) is 0 Å². The summed E-state index contributed by atoms with van der Waals surface area (Å²) >= 11 is 5.92. The third-order valence-corrected chi connectivity index (χ3v) is 5.19. The van der Waals surface area contributed by atoms with E-state index in [2.05, 4.69) is 34.1 Å². The Morgan fingerprint density at radius 3 is 2.67 bits per heavy atom. The van der Waals surface area contributed by atoms with Gasteiger partial charge in [0.25, 0.3) is 0 Å². The lowest BCUT2D eigenvalue weighted by Crippen LogP contribution is -2.32. The molecule has 154 valence electrons. The van der Waals surface area contributed by atoms with Gasteiger partial charge in [-0.25, -0.2) is 9.97 Å². The SMILES string of the molecule is CC(C)[C@H](NC(=O)CCc1ncc(-c2ccc(Cl)cc2)o1)c1nc2ccccc2[nH]1. The molecule has 0 saturated heterocycles. The maximum atomic E-state index is 12.6. The van der Waals surface area contributed by atoms with E-state index in [1.807, 2.05) is 36.4 Å². The van der Waals surface area contributed by atoms with E-state index in [0.29, 0.717) is 23.1 Å². The van der Waals surface area contributed by atoms with Crippen LogP contribution < -0.4 is 5.32 Å². The highest BCUT2D eigenvalue weighted by Gasteiger charge is 2.22. The van der Waals surface area contributed by atoms with Gasteiger partial charge in [0.2, 0.25) is 5.91 Å². The summed E-state index contributed by atoms with van der Waals surface area (Å²) in [6.07, 6.45) is 2.37. The highest BCUT2D eigenvalue weighted by molar-refractivity contribution is 6.30. The molecular weight excluding hydrogens is 400 g/mol. The number of benzene rings is 2. The van der Waals surface area contributed by atoms with Crippen molar-refractivity contribution in [3.8, 4) is 11.3 Å². The number of hydrogen-bond donors (Lipinski definition) is 2. The number of H-pyrrole nitrogens is 1. The predicted molar refractivity (Wildman–Crippen MR) is 117 cm³/mol. The van der Waals surface area contributed by atoms with Gasteiger partial charge in [0, 0.05) is 23.4 Å². The second-order valence-corrected chi connectivity index (χ2v) is 7.99. The summed E-state index contributed by atoms with van der Waals surface area (Å²) in [5.74, 6) is 2.07. The highest BCUT2D eigenvalue weighted by atomic mass is 35.5. The van der Waals surface area contributed by atoms with Crippen LogP contribution in [0.2, 0.25) is 5.02 Å². The van der Waals surface area contributed by atoms with Crippen molar-refractivity contribution in [2.45, 2.75) is 32.7 Å². The molecule has 2 heterocycles. The number of rotatable bonds is 7. The Hall–Kier alpha value is -3.12. The summed E-state index contributed by atoms with van der Waals surface area (Å²) < 4.78 is 5.78. The average Bonchev–Trinajstić information content (AvgIpc) is 3.37. The van der Waals surface area contributed by atoms with E-state index in [1.165, 1.54) is 0 Å². The van der Waals surface area contributed by atoms with E-state index in [-0.39, 0.29) is 24.3 Å². The topological polar surface area (TPSA) is 83.8 Å². The van der Waals surface area contributed by atoms with E-state index in [1.54, 1.807) is 18.3 Å². The number of nitrogens with zero attached hydrogens (tertiary/aromatic N) is 2. The molecule has 0 aliphatic carbocycles. The molecule has 0 aliphatic rings. The molecule has 30 heavy (non-hydrogen) atoms. The van der Waals surface area contributed by atoms with Crippen molar-refractivity contribution in [1.82, 2.24) is 20.3 Å². The Bertz CT molecular complexity index is 1110. The van der Waals surface area contributed by atoms with Crippen LogP contribution in [0, 0.1) is 5.92 Å². The molecule has 7 heteroatoms. The second kappa shape index (κ2) is 8.71. The molecular formula is C23H23ClN4O2. The largest absolute Gasteiger partial charge is 0.441 e. The lowest BCUT2D eigenvalue weighted by molar-refractivity contribution is -0.122. The molecule has 0 fully saturated rings. The van der Waals surface area contributed by atoms with Gasteiger partial charge in [0.15, 0.2) is 11.7 Å². The standard InChI is InChI=1S/C23H23ClN4O2/c1-14(2)22(23-26-17-5-3-4-6-18(17)27-23)28-20(29)11-12-21-25-13-19(30-21)15-7-9-16(24)10-8-15/h3-10,13-14,22H,11-12H2,1-2H3,(H,26,27)(H,28,29)/t22-/m0/s1. The molecule has 6 nitrogen and oxygen atoms in total. The van der Waals surface area contributed by atoms with Gasteiger partial charge >= 0.3 is 0 Å². The predicted octanol–water partition coefficient (Wildman–Crippen LogP) is 5.32. The summed E-state index contributed by atoms with van der Waals surface area (Å²) in [5, 5.41) is 3.76. The fourth-order valence-corrected chi connectivity index (χ4v) is 3.44. The molecule has 2 N–H and O–H groups in total. The van der Waals surface area contributed by atoms with Crippen molar-refractivity contribution >= 4 is 28.5 Å². The molecule has 1 atom stereocenters. The molecule has 0 unspecified atom stereocenters. The fraction of sp³-hybridized carbons (Fsp3) is 0.261. The zero-order valence-electron chi connectivity index (χ0n) is 16.9. The minimum Gasteiger partial charge on any atom is -0.441 e. The third kappa shape index (κ3) is 4.54. The number of aromatic amines is 1. The number of nitrogens with one attached hydrogen (secondary N) is 2. The average molecular weight is 423 g/mol. The molecule has 2 aromatic carbocycles. The van der Waals surface area contributed by atoms with Crippen molar-refractivity contribution in [2.75, 3.05) is 0 Å². The zero-order valence-corrected chi connectivity index (χ0v) is 17.6. The number of para-hydroxylation sites is 2. The van der Waals surface area contributed by atoms with Crippen LogP contribution in [-0.4, -0.2) is 20.9 Å². The first-order valence-electron chi connectivity index (χ1n) is 9.94. The first kappa shape index (κ1) is 20.2. The lowest BCUT2D eigenvalue weighted by Gasteiger charge is -2.20. The molecule has 0 spiro atoms. The van der Waals surface area contributed by atoms with E-state index in [9.17, 15) is 4.79 Å². The molecule has 0 radical (unpaired) electrons. The summed E-state index contributed by atoms with van der Waals surface area (Å²) in [5.41, 5.74) is 2.75. The molecule has 0 saturated carbocycles. The molecule has 4 aromatic rings. The maximum absolute atomic E-state index is 12.6. The van der Waals surface area contributed by atoms with Gasteiger partial charge in [0.05, 0.1) is 23.3 Å². The van der Waals surface area contributed by atoms with Gasteiger partial charge in [0.1, 0.15) is 5.82 Å². The fourth-order valence-electron chi connectivity index (χ4n) is 3.31. The van der Waals surface area contributed by atoms with E-state index in [4.69, 9.17) is 16.0 Å². The Morgan fingerprint density at radius 2 is 1.93 bits per heavy atom. The highest BCUT2D eigenvalue weighted by Crippen LogP contribution is 2.24. The van der Waals surface area contributed by atoms with E-state index < -0.39 is 0 Å². The number of aromatic nitrogens is 3. The first-order chi connectivity index (χ1) is 14.5. The first-order valence-corrected chi connectivity index (χ1v) is 10.3. The van der Waals surface area contributed by atoms with Crippen LogP contribution in [-0.2, 0) is 11.2 Å². The van der Waals surface area contributed by atoms with Crippen LogP contribution in [0.15, 0.2) is 59.1 Å². The van der Waals surface area contributed by atoms with Crippen molar-refractivity contribution < 1.29 is 9.21 Å². The van der Waals surface area contributed by atoms with Gasteiger partial charge in [-0.1, -0.05) is 37.6 Å². The normalized spacial score (nSPS) is 12.4. The Kier molecular flexibility index (Phi) is 5.86. The van der Waals surface area contributed by atoms with Crippen molar-refractivity contribution in [3.05, 3.63) is 71.5 Å². The zero-order chi connectivity index (χ0) is 21.1. The number of carbonyl (C=O) groups is 1. The number of oxazole rings is 1. The Morgan fingerprint density at radius 1 is 1.17 bits per heavy atom. The van der Waals surface area contributed by atoms with Crippen LogP contribution in [0.5, 0.6) is 0 Å². The minimum absolute atomic E-state index is 0.0691. The van der Waals surface area contributed by atoms with Crippen molar-refractivity contribution in [3.63, 3.8) is 0 Å². The van der Waals surface area contributed by atoms with Crippen molar-refractivity contribution in [2.24, 2.45) is 5.92 Å². The van der Waals surface area contributed by atoms with Crippen LogP contribution >= 0.6 is 11.6 Å². The summed E-state index contributed by atoms with van der Waals surface area (Å²) in [7, 11) is 0. The number of carbonyl (C=O) groups excluding carboxylic acids is 1. The second-order valence-electron chi connectivity index (χ2n) is 7.55. The number of aryl methyl sites for hydroxylation is 1. The van der Waals surface area contributed by atoms with Gasteiger partial charge in [-0.15, -0.1) is 0 Å². The lowest BCUT2D eigenvalue weighted by atomic mass is 10.0. The number of hydrogen-bond acceptors (Lipinski definition) is 4. The Labute approximate surface area is 179 Å². The van der Waals surface area contributed by atoms with E-state index >= 15 is 0 Å². The molecule has 0 aliphatic heterocycles. The van der Waals surface area contributed by atoms with Crippen LogP contribution in [0.1, 0.15) is 38.0 Å².